The number of carbonyl (C=O) groups is 1. The van der Waals surface area contributed by atoms with E-state index >= 15 is 0 Å². The van der Waals surface area contributed by atoms with Crippen LogP contribution in [-0.2, 0) is 4.74 Å². The van der Waals surface area contributed by atoms with Gasteiger partial charge in [0.1, 0.15) is 5.56 Å². The van der Waals surface area contributed by atoms with Crippen LogP contribution in [0.15, 0.2) is 12.1 Å². The molecule has 7 nitrogen and oxygen atoms in total. The molecule has 1 rings (SSSR count). The first-order valence-corrected chi connectivity index (χ1v) is 4.53. The van der Waals surface area contributed by atoms with Crippen molar-refractivity contribution < 1.29 is 28.4 Å². The molecule has 0 aliphatic rings. The van der Waals surface area contributed by atoms with Gasteiger partial charge in [0.15, 0.2) is 11.5 Å². The van der Waals surface area contributed by atoms with Gasteiger partial charge in [-0.15, -0.1) is 0 Å². The second kappa shape index (κ2) is 5.15. The Kier molecular flexibility index (Phi) is 2.67. The first-order valence-electron chi connectivity index (χ1n) is 6.03. The summed E-state index contributed by atoms with van der Waals surface area (Å²) in [5.41, 5.74) is -1.22. The quantitative estimate of drug-likeness (QED) is 0.489. The van der Waals surface area contributed by atoms with Gasteiger partial charge in [0.05, 0.1) is 28.7 Å². The van der Waals surface area contributed by atoms with Crippen LogP contribution in [-0.4, -0.2) is 29.6 Å². The van der Waals surface area contributed by atoms with E-state index in [9.17, 15) is 20.0 Å². The van der Waals surface area contributed by atoms with Crippen LogP contribution in [0.2, 0.25) is 0 Å². The topological polar surface area (TPSA) is 98.9 Å². The molecule has 1 N–H and O–H groups in total. The summed E-state index contributed by atoms with van der Waals surface area (Å²) in [6.45, 7) is 1.50. The van der Waals surface area contributed by atoms with Gasteiger partial charge in [0, 0.05) is 6.07 Å². The van der Waals surface area contributed by atoms with Crippen LogP contribution < -0.4 is 4.74 Å². The number of phenolic OH excluding ortho intramolecular Hbond substituents is 1. The number of phenols is 1. The lowest BCUT2D eigenvalue weighted by atomic mass is 10.1. The van der Waals surface area contributed by atoms with Crippen molar-refractivity contribution in [3.63, 3.8) is 0 Å². The number of ether oxygens (including phenoxy) is 2. The van der Waals surface area contributed by atoms with E-state index in [1.54, 1.807) is 0 Å². The predicted octanol–water partition coefficient (Wildman–Crippen LogP) is 1.49. The molecular formula is C10H11NO6. The lowest BCUT2D eigenvalue weighted by Gasteiger charge is -2.07. The van der Waals surface area contributed by atoms with E-state index in [4.69, 9.17) is 4.11 Å². The third kappa shape index (κ3) is 2.63. The Balaban J connectivity index is 3.32. The molecule has 0 unspecified atom stereocenters. The summed E-state index contributed by atoms with van der Waals surface area (Å²) < 4.78 is 29.7. The fourth-order valence-corrected chi connectivity index (χ4v) is 1.16. The van der Waals surface area contributed by atoms with Gasteiger partial charge >= 0.3 is 5.97 Å². The lowest BCUT2D eigenvalue weighted by Crippen LogP contribution is -2.08. The van der Waals surface area contributed by atoms with Crippen molar-refractivity contribution in [3.05, 3.63) is 27.8 Å². The Hall–Kier alpha value is -2.31. The third-order valence-electron chi connectivity index (χ3n) is 1.88. The number of hydrogen-bond donors (Lipinski definition) is 1. The summed E-state index contributed by atoms with van der Waals surface area (Å²) in [7, 11) is -2.89. The highest BCUT2D eigenvalue weighted by Crippen LogP contribution is 2.33. The third-order valence-corrected chi connectivity index (χ3v) is 1.88. The Labute approximate surface area is 101 Å². The molecule has 0 aliphatic carbocycles. The lowest BCUT2D eigenvalue weighted by molar-refractivity contribution is -0.385. The molecule has 0 atom stereocenters. The molecule has 0 bridgehead atoms. The van der Waals surface area contributed by atoms with E-state index in [0.29, 0.717) is 6.07 Å². The first-order chi connectivity index (χ1) is 9.15. The highest BCUT2D eigenvalue weighted by atomic mass is 16.6. The molecule has 0 heterocycles. The van der Waals surface area contributed by atoms with E-state index in [1.807, 2.05) is 0 Å². The van der Waals surface area contributed by atoms with E-state index in [-0.39, 0.29) is 6.61 Å². The minimum absolute atomic E-state index is 0.00965. The van der Waals surface area contributed by atoms with Crippen LogP contribution in [0.5, 0.6) is 11.5 Å². The number of nitro benzene ring substituents is 1. The summed E-state index contributed by atoms with van der Waals surface area (Å²) in [6.07, 6.45) is 0. The molecule has 92 valence electrons. The normalized spacial score (nSPS) is 13.1. The van der Waals surface area contributed by atoms with Crippen LogP contribution in [0.25, 0.3) is 0 Å². The van der Waals surface area contributed by atoms with Gasteiger partial charge in [-0.25, -0.2) is 4.79 Å². The summed E-state index contributed by atoms with van der Waals surface area (Å²) in [4.78, 5) is 21.5. The molecule has 17 heavy (non-hydrogen) atoms. The van der Waals surface area contributed by atoms with Crippen LogP contribution in [0, 0.1) is 10.1 Å². The summed E-state index contributed by atoms with van der Waals surface area (Å²) in [5.74, 6) is -2.34. The van der Waals surface area contributed by atoms with Gasteiger partial charge in [-0.2, -0.15) is 0 Å². The van der Waals surface area contributed by atoms with E-state index in [1.165, 1.54) is 6.92 Å². The fourth-order valence-electron chi connectivity index (χ4n) is 1.16. The van der Waals surface area contributed by atoms with Crippen molar-refractivity contribution in [3.8, 4) is 11.5 Å². The predicted molar refractivity (Wildman–Crippen MR) is 57.3 cm³/mol. The van der Waals surface area contributed by atoms with Gasteiger partial charge in [-0.3, -0.25) is 10.1 Å². The van der Waals surface area contributed by atoms with E-state index in [2.05, 4.69) is 9.47 Å². The number of benzene rings is 1. The van der Waals surface area contributed by atoms with Crippen molar-refractivity contribution >= 4 is 11.7 Å². The number of hydrogen-bond acceptors (Lipinski definition) is 6. The van der Waals surface area contributed by atoms with Crippen molar-refractivity contribution in [2.45, 2.75) is 6.92 Å². The maximum absolute atomic E-state index is 11.5. The minimum atomic E-state index is -2.89. The molecule has 0 saturated carbocycles. The molecule has 1 aromatic carbocycles. The van der Waals surface area contributed by atoms with Gasteiger partial charge in [-0.1, -0.05) is 0 Å². The fraction of sp³-hybridized carbons (Fsp3) is 0.300. The Morgan fingerprint density at radius 3 is 2.88 bits per heavy atom. The number of aromatic hydroxyl groups is 1. The smallest absolute Gasteiger partial charge is 0.345 e. The molecule has 0 aliphatic heterocycles. The molecule has 0 radical (unpaired) electrons. The zero-order chi connectivity index (χ0) is 15.5. The number of carbonyl (C=O) groups excluding carboxylic acids is 1. The van der Waals surface area contributed by atoms with Gasteiger partial charge in [-0.05, 0) is 6.92 Å². The molecule has 0 amide bonds. The van der Waals surface area contributed by atoms with Crippen LogP contribution >= 0.6 is 0 Å². The highest BCUT2D eigenvalue weighted by Gasteiger charge is 2.24. The minimum Gasteiger partial charge on any atom is -0.504 e. The van der Waals surface area contributed by atoms with Crippen molar-refractivity contribution in [2.75, 3.05) is 13.6 Å². The highest BCUT2D eigenvalue weighted by molar-refractivity contribution is 5.95. The molecule has 0 spiro atoms. The monoisotopic (exact) mass is 244 g/mol. The zero-order valence-corrected chi connectivity index (χ0v) is 8.80. The molecule has 0 aromatic heterocycles. The maximum Gasteiger partial charge on any atom is 0.345 e. The van der Waals surface area contributed by atoms with Crippen LogP contribution in [0.1, 0.15) is 21.4 Å². The van der Waals surface area contributed by atoms with Crippen LogP contribution in [0.3, 0.4) is 0 Å². The number of nitro groups is 1. The standard InChI is InChI=1S/C10H11NO6/c1-3-17-10(13)6-4-8(12)9(16-2)5-7(6)11(14)15/h4-5,12H,3H2,1-2H3/i2D3. The molecule has 0 saturated heterocycles. The first kappa shape index (κ1) is 8.80. The Morgan fingerprint density at radius 1 is 1.65 bits per heavy atom. The van der Waals surface area contributed by atoms with Crippen molar-refractivity contribution in [2.24, 2.45) is 0 Å². The van der Waals surface area contributed by atoms with E-state index < -0.39 is 40.7 Å². The summed E-state index contributed by atoms with van der Waals surface area (Å²) in [6, 6.07) is 1.39. The second-order valence-electron chi connectivity index (χ2n) is 2.92. The van der Waals surface area contributed by atoms with Gasteiger partial charge in [0.2, 0.25) is 0 Å². The number of esters is 1. The Morgan fingerprint density at radius 2 is 2.35 bits per heavy atom. The van der Waals surface area contributed by atoms with E-state index in [0.717, 1.165) is 6.07 Å². The number of rotatable bonds is 4. The second-order valence-corrected chi connectivity index (χ2v) is 2.92. The van der Waals surface area contributed by atoms with Gasteiger partial charge in [0.25, 0.3) is 5.69 Å². The molecule has 7 heteroatoms. The Bertz CT molecular complexity index is 543. The SMILES string of the molecule is [2H]C([2H])([2H])Oc1cc([N+](=O)[O-])c(C(=O)OCC)cc1O. The number of nitrogens with zero attached hydrogens (tertiary/aromatic N) is 1. The van der Waals surface area contributed by atoms with Crippen molar-refractivity contribution in [1.29, 1.82) is 0 Å². The molecular weight excluding hydrogens is 230 g/mol. The molecule has 0 fully saturated rings. The molecule has 1 aromatic rings. The maximum atomic E-state index is 11.5. The average molecular weight is 244 g/mol. The number of methoxy groups -OCH3 is 1. The summed E-state index contributed by atoms with van der Waals surface area (Å²) >= 11 is 0. The summed E-state index contributed by atoms with van der Waals surface area (Å²) in [5, 5.41) is 20.5. The van der Waals surface area contributed by atoms with Gasteiger partial charge < -0.3 is 14.6 Å². The average Bonchev–Trinajstić information content (AvgIpc) is 2.29. The largest absolute Gasteiger partial charge is 0.504 e. The van der Waals surface area contributed by atoms with Crippen LogP contribution in [0.4, 0.5) is 5.69 Å². The zero-order valence-electron chi connectivity index (χ0n) is 11.8. The van der Waals surface area contributed by atoms with Crippen molar-refractivity contribution in [1.82, 2.24) is 0 Å².